The first-order chi connectivity index (χ1) is 10.7. The summed E-state index contributed by atoms with van der Waals surface area (Å²) in [5.74, 6) is 0. The van der Waals surface area contributed by atoms with Gasteiger partial charge in [-0.05, 0) is 30.7 Å². The van der Waals surface area contributed by atoms with E-state index in [0.717, 1.165) is 27.3 Å². The Morgan fingerprint density at radius 2 is 1.91 bits per heavy atom. The van der Waals surface area contributed by atoms with Gasteiger partial charge in [-0.2, -0.15) is 5.10 Å². The number of halogens is 2. The molecular formula is C18H16BrClN2. The lowest BCUT2D eigenvalue weighted by Crippen LogP contribution is -2.04. The molecule has 1 aromatic heterocycles. The zero-order valence-electron chi connectivity index (χ0n) is 12.3. The second kappa shape index (κ2) is 6.67. The van der Waals surface area contributed by atoms with Crippen molar-refractivity contribution in [1.82, 2.24) is 9.78 Å². The summed E-state index contributed by atoms with van der Waals surface area (Å²) in [6.07, 6.45) is 0. The fourth-order valence-corrected chi connectivity index (χ4v) is 2.95. The lowest BCUT2D eigenvalue weighted by molar-refractivity contribution is 0.686. The third kappa shape index (κ3) is 3.26. The van der Waals surface area contributed by atoms with Crippen molar-refractivity contribution >= 4 is 27.5 Å². The van der Waals surface area contributed by atoms with Gasteiger partial charge in [0.2, 0.25) is 0 Å². The second-order valence-electron chi connectivity index (χ2n) is 5.27. The molecule has 0 aliphatic heterocycles. The van der Waals surface area contributed by atoms with E-state index in [-0.39, 0.29) is 0 Å². The summed E-state index contributed by atoms with van der Waals surface area (Å²) in [7, 11) is 0. The van der Waals surface area contributed by atoms with Gasteiger partial charge in [0.25, 0.3) is 0 Å². The van der Waals surface area contributed by atoms with Gasteiger partial charge in [-0.25, -0.2) is 0 Å². The van der Waals surface area contributed by atoms with Crippen molar-refractivity contribution in [2.75, 3.05) is 0 Å². The topological polar surface area (TPSA) is 17.8 Å². The Hall–Kier alpha value is -1.58. The average Bonchev–Trinajstić information content (AvgIpc) is 2.93. The van der Waals surface area contributed by atoms with Crippen LogP contribution < -0.4 is 0 Å². The van der Waals surface area contributed by atoms with Crippen LogP contribution in [0.5, 0.6) is 0 Å². The third-order valence-corrected chi connectivity index (χ3v) is 4.50. The van der Waals surface area contributed by atoms with Crippen LogP contribution >= 0.6 is 27.5 Å². The lowest BCUT2D eigenvalue weighted by Gasteiger charge is -2.09. The zero-order valence-corrected chi connectivity index (χ0v) is 14.6. The summed E-state index contributed by atoms with van der Waals surface area (Å²) in [5, 5.41) is 6.19. The number of rotatable bonds is 4. The van der Waals surface area contributed by atoms with E-state index in [2.05, 4.69) is 58.3 Å². The van der Waals surface area contributed by atoms with Crippen LogP contribution in [0.2, 0.25) is 5.02 Å². The SMILES string of the molecule is Cc1cccc(-c2cc(CBr)nn2Cc2ccccc2Cl)c1. The molecule has 0 atom stereocenters. The van der Waals surface area contributed by atoms with Gasteiger partial charge in [0.05, 0.1) is 17.9 Å². The number of alkyl halides is 1. The fraction of sp³-hybridized carbons (Fsp3) is 0.167. The zero-order chi connectivity index (χ0) is 15.5. The van der Waals surface area contributed by atoms with Gasteiger partial charge in [0.1, 0.15) is 0 Å². The van der Waals surface area contributed by atoms with Gasteiger partial charge in [-0.1, -0.05) is 69.5 Å². The summed E-state index contributed by atoms with van der Waals surface area (Å²) in [6.45, 7) is 2.76. The fourth-order valence-electron chi connectivity index (χ4n) is 2.48. The Balaban J connectivity index is 2.04. The lowest BCUT2D eigenvalue weighted by atomic mass is 10.1. The predicted octanol–water partition coefficient (Wildman–Crippen LogP) is 5.46. The molecule has 0 aliphatic rings. The van der Waals surface area contributed by atoms with Crippen molar-refractivity contribution in [3.05, 3.63) is 76.4 Å². The molecule has 3 rings (SSSR count). The van der Waals surface area contributed by atoms with Gasteiger partial charge in [-0.15, -0.1) is 0 Å². The molecule has 3 aromatic rings. The van der Waals surface area contributed by atoms with Crippen molar-refractivity contribution in [2.45, 2.75) is 18.8 Å². The van der Waals surface area contributed by atoms with E-state index >= 15 is 0 Å². The van der Waals surface area contributed by atoms with Crippen molar-refractivity contribution in [3.8, 4) is 11.3 Å². The number of benzene rings is 2. The van der Waals surface area contributed by atoms with Crippen molar-refractivity contribution in [1.29, 1.82) is 0 Å². The number of hydrogen-bond donors (Lipinski definition) is 0. The molecule has 0 fully saturated rings. The Kier molecular flexibility index (Phi) is 4.65. The number of hydrogen-bond acceptors (Lipinski definition) is 1. The molecule has 1 heterocycles. The van der Waals surface area contributed by atoms with E-state index in [1.165, 1.54) is 11.1 Å². The molecule has 0 saturated carbocycles. The Morgan fingerprint density at radius 1 is 1.09 bits per heavy atom. The van der Waals surface area contributed by atoms with Gasteiger partial charge < -0.3 is 0 Å². The van der Waals surface area contributed by atoms with E-state index < -0.39 is 0 Å². The summed E-state index contributed by atoms with van der Waals surface area (Å²) in [4.78, 5) is 0. The van der Waals surface area contributed by atoms with E-state index in [9.17, 15) is 0 Å². The van der Waals surface area contributed by atoms with Gasteiger partial charge in [0, 0.05) is 15.9 Å². The van der Waals surface area contributed by atoms with Crippen LogP contribution in [0.4, 0.5) is 0 Å². The largest absolute Gasteiger partial charge is 0.260 e. The van der Waals surface area contributed by atoms with Gasteiger partial charge >= 0.3 is 0 Å². The van der Waals surface area contributed by atoms with Crippen molar-refractivity contribution < 1.29 is 0 Å². The van der Waals surface area contributed by atoms with Gasteiger partial charge in [-0.3, -0.25) is 4.68 Å². The molecule has 0 bridgehead atoms. The molecule has 22 heavy (non-hydrogen) atoms. The van der Waals surface area contributed by atoms with Crippen LogP contribution in [0.3, 0.4) is 0 Å². The third-order valence-electron chi connectivity index (χ3n) is 3.56. The normalized spacial score (nSPS) is 10.9. The monoisotopic (exact) mass is 374 g/mol. The highest BCUT2D eigenvalue weighted by molar-refractivity contribution is 9.08. The quantitative estimate of drug-likeness (QED) is 0.554. The summed E-state index contributed by atoms with van der Waals surface area (Å²) < 4.78 is 2.02. The average molecular weight is 376 g/mol. The molecule has 0 saturated heterocycles. The highest BCUT2D eigenvalue weighted by atomic mass is 79.9. The van der Waals surface area contributed by atoms with Crippen LogP contribution in [0.1, 0.15) is 16.8 Å². The maximum atomic E-state index is 6.29. The smallest absolute Gasteiger partial charge is 0.0736 e. The molecule has 2 aromatic carbocycles. The van der Waals surface area contributed by atoms with Crippen molar-refractivity contribution in [2.24, 2.45) is 0 Å². The van der Waals surface area contributed by atoms with Crippen LogP contribution in [-0.4, -0.2) is 9.78 Å². The molecular weight excluding hydrogens is 360 g/mol. The highest BCUT2D eigenvalue weighted by Gasteiger charge is 2.11. The van der Waals surface area contributed by atoms with E-state index in [4.69, 9.17) is 11.6 Å². The predicted molar refractivity (Wildman–Crippen MR) is 95.6 cm³/mol. The van der Waals surface area contributed by atoms with Crippen molar-refractivity contribution in [3.63, 3.8) is 0 Å². The Labute approximate surface area is 143 Å². The molecule has 4 heteroatoms. The molecule has 0 unspecified atom stereocenters. The molecule has 0 aliphatic carbocycles. The maximum Gasteiger partial charge on any atom is 0.0736 e. The first-order valence-electron chi connectivity index (χ1n) is 7.10. The number of nitrogens with zero attached hydrogens (tertiary/aromatic N) is 2. The minimum absolute atomic E-state index is 0.663. The first-order valence-corrected chi connectivity index (χ1v) is 8.60. The van der Waals surface area contributed by atoms with Gasteiger partial charge in [0.15, 0.2) is 0 Å². The minimum atomic E-state index is 0.663. The van der Waals surface area contributed by atoms with Crippen LogP contribution in [-0.2, 0) is 11.9 Å². The summed E-state index contributed by atoms with van der Waals surface area (Å²) >= 11 is 9.78. The standard InChI is InChI=1S/C18H16BrClN2/c1-13-5-4-7-14(9-13)18-10-16(11-19)21-22(18)12-15-6-2-3-8-17(15)20/h2-10H,11-12H2,1H3. The molecule has 112 valence electrons. The summed E-state index contributed by atoms with van der Waals surface area (Å²) in [6, 6.07) is 18.5. The molecule has 0 N–H and O–H groups in total. The van der Waals surface area contributed by atoms with E-state index in [0.29, 0.717) is 6.54 Å². The van der Waals surface area contributed by atoms with Crippen LogP contribution in [0.25, 0.3) is 11.3 Å². The second-order valence-corrected chi connectivity index (χ2v) is 6.24. The maximum absolute atomic E-state index is 6.29. The Morgan fingerprint density at radius 3 is 2.64 bits per heavy atom. The van der Waals surface area contributed by atoms with E-state index in [1.807, 2.05) is 28.9 Å². The molecule has 0 radical (unpaired) electrons. The Bertz CT molecular complexity index is 795. The van der Waals surface area contributed by atoms with Crippen LogP contribution in [0, 0.1) is 6.92 Å². The molecule has 0 spiro atoms. The first kappa shape index (κ1) is 15.3. The highest BCUT2D eigenvalue weighted by Crippen LogP contribution is 2.25. The molecule has 0 amide bonds. The van der Waals surface area contributed by atoms with Crippen LogP contribution in [0.15, 0.2) is 54.6 Å². The number of aromatic nitrogens is 2. The molecule has 2 nitrogen and oxygen atoms in total. The number of aryl methyl sites for hydroxylation is 1. The van der Waals surface area contributed by atoms with E-state index in [1.54, 1.807) is 0 Å². The summed E-state index contributed by atoms with van der Waals surface area (Å²) in [5.41, 5.74) is 5.61. The minimum Gasteiger partial charge on any atom is -0.260 e.